The minimum atomic E-state index is -0.228. The van der Waals surface area contributed by atoms with E-state index in [2.05, 4.69) is 20.6 Å². The number of para-hydroxylation sites is 3. The molecule has 0 saturated carbocycles. The fraction of sp³-hybridized carbons (Fsp3) is 0.231. The predicted octanol–water partition coefficient (Wildman–Crippen LogP) is 4.23. The van der Waals surface area contributed by atoms with Crippen LogP contribution in [0.4, 0.5) is 5.69 Å². The van der Waals surface area contributed by atoms with Gasteiger partial charge in [-0.2, -0.15) is 0 Å². The number of benzene rings is 3. The molecule has 0 fully saturated rings. The molecule has 4 rings (SSSR count). The van der Waals surface area contributed by atoms with Crippen molar-refractivity contribution in [1.29, 1.82) is 0 Å². The average molecular weight is 445 g/mol. The van der Waals surface area contributed by atoms with Gasteiger partial charge in [-0.1, -0.05) is 42.0 Å². The quantitative estimate of drug-likeness (QED) is 0.319. The van der Waals surface area contributed by atoms with E-state index in [1.165, 1.54) is 0 Å². The fourth-order valence-corrected chi connectivity index (χ4v) is 3.55. The first-order valence-corrected chi connectivity index (χ1v) is 10.9. The Balaban J connectivity index is 1.33. The summed E-state index contributed by atoms with van der Waals surface area (Å²) in [7, 11) is 1.59. The summed E-state index contributed by atoms with van der Waals surface area (Å²) in [6.45, 7) is 3.21. The highest BCUT2D eigenvalue weighted by molar-refractivity contribution is 5.91. The summed E-state index contributed by atoms with van der Waals surface area (Å²) in [5.41, 5.74) is 4.80. The fourth-order valence-electron chi connectivity index (χ4n) is 3.55. The molecule has 1 heterocycles. The lowest BCUT2D eigenvalue weighted by Gasteiger charge is -2.15. The summed E-state index contributed by atoms with van der Waals surface area (Å²) in [6, 6.07) is 21.3. The van der Waals surface area contributed by atoms with Crippen LogP contribution in [-0.2, 0) is 17.8 Å². The third-order valence-electron chi connectivity index (χ3n) is 5.26. The SMILES string of the molecule is COc1cccc(CNCCc2nc3ccccc3[nH]2)c1OCC(=O)Nc1ccc(C)cc1. The highest BCUT2D eigenvalue weighted by Crippen LogP contribution is 2.31. The smallest absolute Gasteiger partial charge is 0.262 e. The number of carbonyl (C=O) groups excluding carboxylic acids is 1. The van der Waals surface area contributed by atoms with Gasteiger partial charge in [-0.25, -0.2) is 4.98 Å². The molecule has 0 aliphatic heterocycles. The van der Waals surface area contributed by atoms with E-state index in [0.29, 0.717) is 18.0 Å². The number of rotatable bonds is 10. The van der Waals surface area contributed by atoms with Gasteiger partial charge in [0.15, 0.2) is 18.1 Å². The van der Waals surface area contributed by atoms with E-state index in [1.807, 2.05) is 73.7 Å². The Labute approximate surface area is 193 Å². The summed E-state index contributed by atoms with van der Waals surface area (Å²) in [4.78, 5) is 20.3. The molecule has 170 valence electrons. The van der Waals surface area contributed by atoms with Crippen LogP contribution in [0, 0.1) is 6.92 Å². The summed E-state index contributed by atoms with van der Waals surface area (Å²) in [5.74, 6) is 1.87. The van der Waals surface area contributed by atoms with Crippen LogP contribution < -0.4 is 20.1 Å². The number of hydrogen-bond donors (Lipinski definition) is 3. The number of hydrogen-bond acceptors (Lipinski definition) is 5. The second-order valence-electron chi connectivity index (χ2n) is 7.78. The lowest BCUT2D eigenvalue weighted by molar-refractivity contribution is -0.118. The van der Waals surface area contributed by atoms with E-state index >= 15 is 0 Å². The summed E-state index contributed by atoms with van der Waals surface area (Å²) in [6.07, 6.45) is 0.772. The van der Waals surface area contributed by atoms with Crippen LogP contribution in [0.15, 0.2) is 66.7 Å². The van der Waals surface area contributed by atoms with Crippen molar-refractivity contribution in [3.05, 3.63) is 83.7 Å². The minimum absolute atomic E-state index is 0.111. The molecule has 0 spiro atoms. The standard InChI is InChI=1S/C26H28N4O3/c1-18-10-12-20(13-11-18)28-25(31)17-33-26-19(6-5-9-23(26)32-2)16-27-15-14-24-29-21-7-3-4-8-22(21)30-24/h3-13,27H,14-17H2,1-2H3,(H,28,31)(H,29,30). The number of aromatic nitrogens is 2. The van der Waals surface area contributed by atoms with Crippen LogP contribution in [0.3, 0.4) is 0 Å². The lowest BCUT2D eigenvalue weighted by Crippen LogP contribution is -2.22. The summed E-state index contributed by atoms with van der Waals surface area (Å²) in [5, 5.41) is 6.27. The first kappa shape index (κ1) is 22.4. The van der Waals surface area contributed by atoms with Crippen molar-refractivity contribution in [2.24, 2.45) is 0 Å². The van der Waals surface area contributed by atoms with Crippen molar-refractivity contribution in [2.45, 2.75) is 19.9 Å². The van der Waals surface area contributed by atoms with Gasteiger partial charge in [0.25, 0.3) is 5.91 Å². The zero-order valence-corrected chi connectivity index (χ0v) is 18.9. The van der Waals surface area contributed by atoms with Gasteiger partial charge in [0.1, 0.15) is 5.82 Å². The minimum Gasteiger partial charge on any atom is -0.493 e. The van der Waals surface area contributed by atoms with Gasteiger partial charge >= 0.3 is 0 Å². The molecule has 0 atom stereocenters. The molecular weight excluding hydrogens is 416 g/mol. The van der Waals surface area contributed by atoms with Gasteiger partial charge in [-0.05, 0) is 37.3 Å². The van der Waals surface area contributed by atoms with Crippen LogP contribution >= 0.6 is 0 Å². The van der Waals surface area contributed by atoms with E-state index in [9.17, 15) is 4.79 Å². The Hall–Kier alpha value is -3.84. The Morgan fingerprint density at radius 3 is 2.64 bits per heavy atom. The highest BCUT2D eigenvalue weighted by Gasteiger charge is 2.13. The second-order valence-corrected chi connectivity index (χ2v) is 7.78. The first-order chi connectivity index (χ1) is 16.1. The molecule has 1 aromatic heterocycles. The molecule has 1 amide bonds. The molecule has 0 saturated heterocycles. The van der Waals surface area contributed by atoms with Crippen molar-refractivity contribution in [2.75, 3.05) is 25.6 Å². The van der Waals surface area contributed by atoms with E-state index in [-0.39, 0.29) is 12.5 Å². The Morgan fingerprint density at radius 2 is 1.85 bits per heavy atom. The highest BCUT2D eigenvalue weighted by atomic mass is 16.5. The molecule has 0 bridgehead atoms. The monoisotopic (exact) mass is 444 g/mol. The Bertz CT molecular complexity index is 1180. The summed E-state index contributed by atoms with van der Waals surface area (Å²) < 4.78 is 11.3. The number of imidazole rings is 1. The first-order valence-electron chi connectivity index (χ1n) is 10.9. The lowest BCUT2D eigenvalue weighted by atomic mass is 10.2. The number of nitrogens with one attached hydrogen (secondary N) is 3. The number of ether oxygens (including phenoxy) is 2. The number of fused-ring (bicyclic) bond motifs is 1. The van der Waals surface area contributed by atoms with Gasteiger partial charge in [-0.3, -0.25) is 4.79 Å². The van der Waals surface area contributed by atoms with E-state index in [4.69, 9.17) is 9.47 Å². The molecular formula is C26H28N4O3. The molecule has 3 aromatic carbocycles. The van der Waals surface area contributed by atoms with Crippen molar-refractivity contribution < 1.29 is 14.3 Å². The maximum atomic E-state index is 12.4. The largest absolute Gasteiger partial charge is 0.493 e. The molecule has 4 aromatic rings. The topological polar surface area (TPSA) is 88.3 Å². The van der Waals surface area contributed by atoms with Crippen LogP contribution in [0.2, 0.25) is 0 Å². The molecule has 33 heavy (non-hydrogen) atoms. The third kappa shape index (κ3) is 5.90. The molecule has 3 N–H and O–H groups in total. The molecule has 0 aliphatic rings. The van der Waals surface area contributed by atoms with E-state index in [0.717, 1.165) is 46.6 Å². The third-order valence-corrected chi connectivity index (χ3v) is 5.26. The van der Waals surface area contributed by atoms with Gasteiger partial charge in [0, 0.05) is 30.8 Å². The number of H-pyrrole nitrogens is 1. The second kappa shape index (κ2) is 10.7. The van der Waals surface area contributed by atoms with Crippen molar-refractivity contribution in [1.82, 2.24) is 15.3 Å². The molecule has 0 radical (unpaired) electrons. The molecule has 0 aliphatic carbocycles. The number of aryl methyl sites for hydroxylation is 1. The Morgan fingerprint density at radius 1 is 1.03 bits per heavy atom. The van der Waals surface area contributed by atoms with E-state index < -0.39 is 0 Å². The predicted molar refractivity (Wildman–Crippen MR) is 130 cm³/mol. The number of nitrogens with zero attached hydrogens (tertiary/aromatic N) is 1. The molecule has 7 nitrogen and oxygen atoms in total. The van der Waals surface area contributed by atoms with Crippen molar-refractivity contribution >= 4 is 22.6 Å². The Kier molecular flexibility index (Phi) is 7.22. The number of aromatic amines is 1. The van der Waals surface area contributed by atoms with E-state index in [1.54, 1.807) is 7.11 Å². The van der Waals surface area contributed by atoms with Crippen LogP contribution in [0.5, 0.6) is 11.5 Å². The number of anilines is 1. The molecule has 7 heteroatoms. The van der Waals surface area contributed by atoms with Crippen molar-refractivity contribution in [3.8, 4) is 11.5 Å². The zero-order valence-electron chi connectivity index (χ0n) is 18.9. The summed E-state index contributed by atoms with van der Waals surface area (Å²) >= 11 is 0. The van der Waals surface area contributed by atoms with Crippen molar-refractivity contribution in [3.63, 3.8) is 0 Å². The average Bonchev–Trinajstić information content (AvgIpc) is 3.25. The number of amides is 1. The van der Waals surface area contributed by atoms with Gasteiger partial charge in [0.2, 0.25) is 0 Å². The maximum Gasteiger partial charge on any atom is 0.262 e. The van der Waals surface area contributed by atoms with Crippen LogP contribution in [0.1, 0.15) is 17.0 Å². The molecule has 0 unspecified atom stereocenters. The number of carbonyl (C=O) groups is 1. The van der Waals surface area contributed by atoms with Gasteiger partial charge < -0.3 is 25.1 Å². The number of methoxy groups -OCH3 is 1. The zero-order chi connectivity index (χ0) is 23.0. The van der Waals surface area contributed by atoms with Crippen LogP contribution in [-0.4, -0.2) is 36.1 Å². The van der Waals surface area contributed by atoms with Gasteiger partial charge in [0.05, 0.1) is 18.1 Å². The van der Waals surface area contributed by atoms with Crippen LogP contribution in [0.25, 0.3) is 11.0 Å². The van der Waals surface area contributed by atoms with Gasteiger partial charge in [-0.15, -0.1) is 0 Å². The maximum absolute atomic E-state index is 12.4. The normalized spacial score (nSPS) is 10.8.